The quantitative estimate of drug-likeness (QED) is 0.489. The zero-order chi connectivity index (χ0) is 13.5. The lowest BCUT2D eigenvalue weighted by atomic mass is 9.98. The Morgan fingerprint density at radius 1 is 1.47 bits per heavy atom. The van der Waals surface area contributed by atoms with Crippen LogP contribution in [0.5, 0.6) is 0 Å². The smallest absolute Gasteiger partial charge is 0.309 e. The molecule has 0 aromatic heterocycles. The molecule has 0 N–H and O–H groups in total. The fourth-order valence-corrected chi connectivity index (χ4v) is 1.34. The Labute approximate surface area is 106 Å². The monoisotopic (exact) mass is 238 g/mol. The van der Waals surface area contributed by atoms with E-state index in [0.29, 0.717) is 0 Å². The molecule has 2 unspecified atom stereocenters. The van der Waals surface area contributed by atoms with Crippen molar-refractivity contribution in [2.75, 3.05) is 0 Å². The predicted molar refractivity (Wildman–Crippen MR) is 72.8 cm³/mol. The van der Waals surface area contributed by atoms with Crippen molar-refractivity contribution in [3.05, 3.63) is 24.3 Å². The summed E-state index contributed by atoms with van der Waals surface area (Å²) in [4.78, 5) is 11.8. The summed E-state index contributed by atoms with van der Waals surface area (Å²) < 4.78 is 5.54. The summed E-state index contributed by atoms with van der Waals surface area (Å²) in [7, 11) is 0. The van der Waals surface area contributed by atoms with Crippen LogP contribution in [0.2, 0.25) is 0 Å². The van der Waals surface area contributed by atoms with Crippen molar-refractivity contribution >= 4 is 5.97 Å². The highest BCUT2D eigenvalue weighted by Gasteiger charge is 2.26. The van der Waals surface area contributed by atoms with E-state index >= 15 is 0 Å². The fraction of sp³-hybridized carbons (Fsp3) is 0.667. The van der Waals surface area contributed by atoms with Crippen molar-refractivity contribution in [2.24, 2.45) is 5.92 Å². The van der Waals surface area contributed by atoms with E-state index in [0.717, 1.165) is 19.3 Å². The molecular formula is C15H26O2. The van der Waals surface area contributed by atoms with Crippen molar-refractivity contribution in [3.8, 4) is 0 Å². The van der Waals surface area contributed by atoms with Crippen LogP contribution in [-0.4, -0.2) is 11.6 Å². The number of carbonyl (C=O) groups excluding carboxylic acids is 1. The molecule has 0 bridgehead atoms. The highest BCUT2D eigenvalue weighted by Crippen LogP contribution is 2.22. The molecule has 17 heavy (non-hydrogen) atoms. The minimum Gasteiger partial charge on any atom is -0.455 e. The third-order valence-corrected chi connectivity index (χ3v) is 2.97. The van der Waals surface area contributed by atoms with Crippen LogP contribution in [0.4, 0.5) is 0 Å². The van der Waals surface area contributed by atoms with Crippen LogP contribution in [0.15, 0.2) is 24.3 Å². The standard InChI is InChI=1S/C15H26O2/c1-7-13(5)14(16)17-15(6,8-2)11-9-10-12(3)4/h8,10,13H,2,7,9,11H2,1,3-6H3. The molecule has 0 fully saturated rings. The number of hydrogen-bond donors (Lipinski definition) is 0. The van der Waals surface area contributed by atoms with Crippen molar-refractivity contribution in [3.63, 3.8) is 0 Å². The summed E-state index contributed by atoms with van der Waals surface area (Å²) in [6.45, 7) is 13.7. The van der Waals surface area contributed by atoms with Crippen molar-refractivity contribution in [1.82, 2.24) is 0 Å². The fourth-order valence-electron chi connectivity index (χ4n) is 1.34. The van der Waals surface area contributed by atoms with E-state index in [1.165, 1.54) is 5.57 Å². The van der Waals surface area contributed by atoms with Gasteiger partial charge in [0.05, 0.1) is 5.92 Å². The average Bonchev–Trinajstić information content (AvgIpc) is 2.27. The summed E-state index contributed by atoms with van der Waals surface area (Å²) in [5.41, 5.74) is 0.733. The molecule has 0 amide bonds. The van der Waals surface area contributed by atoms with Gasteiger partial charge in [-0.05, 0) is 46.1 Å². The Bertz CT molecular complexity index is 287. The topological polar surface area (TPSA) is 26.3 Å². The lowest BCUT2D eigenvalue weighted by Gasteiger charge is -2.27. The van der Waals surface area contributed by atoms with Gasteiger partial charge in [0, 0.05) is 0 Å². The molecule has 0 rings (SSSR count). The Morgan fingerprint density at radius 3 is 2.47 bits per heavy atom. The van der Waals surface area contributed by atoms with Gasteiger partial charge in [-0.1, -0.05) is 32.1 Å². The van der Waals surface area contributed by atoms with Crippen LogP contribution in [0.25, 0.3) is 0 Å². The van der Waals surface area contributed by atoms with Gasteiger partial charge in [-0.2, -0.15) is 0 Å². The van der Waals surface area contributed by atoms with E-state index in [9.17, 15) is 4.79 Å². The number of carbonyl (C=O) groups is 1. The zero-order valence-electron chi connectivity index (χ0n) is 11.9. The van der Waals surface area contributed by atoms with Crippen LogP contribution in [0, 0.1) is 5.92 Å². The second-order valence-electron chi connectivity index (χ2n) is 5.07. The maximum atomic E-state index is 11.8. The Morgan fingerprint density at radius 2 is 2.06 bits per heavy atom. The molecule has 0 aliphatic rings. The molecule has 0 spiro atoms. The Hall–Kier alpha value is -1.05. The summed E-state index contributed by atoms with van der Waals surface area (Å²) in [6, 6.07) is 0. The molecule has 0 heterocycles. The number of ether oxygens (including phenoxy) is 1. The van der Waals surface area contributed by atoms with Crippen molar-refractivity contribution in [2.45, 2.75) is 59.5 Å². The minimum absolute atomic E-state index is 0.0438. The van der Waals surface area contributed by atoms with E-state index in [1.807, 2.05) is 20.8 Å². The molecule has 0 saturated carbocycles. The minimum atomic E-state index is -0.549. The summed E-state index contributed by atoms with van der Waals surface area (Å²) in [5, 5.41) is 0. The zero-order valence-corrected chi connectivity index (χ0v) is 11.9. The highest BCUT2D eigenvalue weighted by atomic mass is 16.6. The van der Waals surface area contributed by atoms with Crippen LogP contribution < -0.4 is 0 Å². The normalized spacial score (nSPS) is 15.6. The molecule has 0 aromatic carbocycles. The summed E-state index contributed by atoms with van der Waals surface area (Å²) >= 11 is 0. The predicted octanol–water partition coefficient (Wildman–Crippen LogP) is 4.27. The third-order valence-electron chi connectivity index (χ3n) is 2.97. The molecule has 0 aromatic rings. The van der Waals surface area contributed by atoms with Gasteiger partial charge in [0.25, 0.3) is 0 Å². The first kappa shape index (κ1) is 16.0. The molecular weight excluding hydrogens is 212 g/mol. The van der Waals surface area contributed by atoms with E-state index in [-0.39, 0.29) is 11.9 Å². The van der Waals surface area contributed by atoms with Gasteiger partial charge >= 0.3 is 5.97 Å². The summed E-state index contributed by atoms with van der Waals surface area (Å²) in [6.07, 6.45) is 6.37. The molecule has 0 radical (unpaired) electrons. The molecule has 0 saturated heterocycles. The van der Waals surface area contributed by atoms with Crippen molar-refractivity contribution in [1.29, 1.82) is 0 Å². The van der Waals surface area contributed by atoms with Gasteiger partial charge < -0.3 is 4.74 Å². The maximum absolute atomic E-state index is 11.8. The van der Waals surface area contributed by atoms with E-state index in [4.69, 9.17) is 4.74 Å². The Balaban J connectivity index is 4.42. The van der Waals surface area contributed by atoms with Crippen LogP contribution in [0.3, 0.4) is 0 Å². The van der Waals surface area contributed by atoms with E-state index in [1.54, 1.807) is 6.08 Å². The first-order valence-corrected chi connectivity index (χ1v) is 6.34. The van der Waals surface area contributed by atoms with Crippen LogP contribution in [-0.2, 0) is 9.53 Å². The van der Waals surface area contributed by atoms with Gasteiger partial charge in [0.2, 0.25) is 0 Å². The van der Waals surface area contributed by atoms with Gasteiger partial charge in [-0.25, -0.2) is 0 Å². The lowest BCUT2D eigenvalue weighted by Crippen LogP contribution is -2.31. The van der Waals surface area contributed by atoms with Crippen molar-refractivity contribution < 1.29 is 9.53 Å². The summed E-state index contributed by atoms with van der Waals surface area (Å²) in [5.74, 6) is -0.176. The first-order valence-electron chi connectivity index (χ1n) is 6.34. The number of rotatable bonds is 7. The van der Waals surface area contributed by atoms with E-state index in [2.05, 4.69) is 26.5 Å². The average molecular weight is 238 g/mol. The van der Waals surface area contributed by atoms with Crippen LogP contribution in [0.1, 0.15) is 53.9 Å². The van der Waals surface area contributed by atoms with Gasteiger partial charge in [-0.3, -0.25) is 4.79 Å². The number of hydrogen-bond acceptors (Lipinski definition) is 2. The second kappa shape index (κ2) is 7.31. The molecule has 0 aliphatic heterocycles. The van der Waals surface area contributed by atoms with Gasteiger partial charge in [0.1, 0.15) is 5.60 Å². The van der Waals surface area contributed by atoms with Crippen LogP contribution >= 0.6 is 0 Å². The molecule has 2 heteroatoms. The van der Waals surface area contributed by atoms with Gasteiger partial charge in [0.15, 0.2) is 0 Å². The third kappa shape index (κ3) is 6.30. The molecule has 2 atom stereocenters. The first-order chi connectivity index (χ1) is 7.84. The molecule has 0 aliphatic carbocycles. The lowest BCUT2D eigenvalue weighted by molar-refractivity contribution is -0.158. The highest BCUT2D eigenvalue weighted by molar-refractivity contribution is 5.72. The van der Waals surface area contributed by atoms with E-state index < -0.39 is 5.60 Å². The number of esters is 1. The molecule has 98 valence electrons. The Kier molecular flexibility index (Phi) is 6.86. The largest absolute Gasteiger partial charge is 0.455 e. The second-order valence-corrected chi connectivity index (χ2v) is 5.07. The molecule has 2 nitrogen and oxygen atoms in total. The maximum Gasteiger partial charge on any atom is 0.309 e. The SMILES string of the molecule is C=CC(C)(CCC=C(C)C)OC(=O)C(C)CC. The number of allylic oxidation sites excluding steroid dienone is 2. The van der Waals surface area contributed by atoms with Gasteiger partial charge in [-0.15, -0.1) is 0 Å².